The standard InChI is InChI=1S/C15H12O2/c1-17-15(10-16)13-8-4-2-6-11(13)12-7-3-5-9-14(12)15/h2-10H,1H3. The maximum Gasteiger partial charge on any atom is 0.174 e. The molecule has 2 aromatic carbocycles. The van der Waals surface area contributed by atoms with Gasteiger partial charge >= 0.3 is 0 Å². The van der Waals surface area contributed by atoms with Gasteiger partial charge in [-0.15, -0.1) is 0 Å². The summed E-state index contributed by atoms with van der Waals surface area (Å²) in [6.45, 7) is 0. The number of hydrogen-bond donors (Lipinski definition) is 0. The van der Waals surface area contributed by atoms with E-state index in [4.69, 9.17) is 4.74 Å². The van der Waals surface area contributed by atoms with Crippen LogP contribution < -0.4 is 0 Å². The molecule has 0 saturated carbocycles. The molecule has 0 aromatic heterocycles. The Morgan fingerprint density at radius 1 is 0.941 bits per heavy atom. The van der Waals surface area contributed by atoms with Gasteiger partial charge in [0.25, 0.3) is 0 Å². The summed E-state index contributed by atoms with van der Waals surface area (Å²) in [5.74, 6) is 0. The third-order valence-corrected chi connectivity index (χ3v) is 3.43. The van der Waals surface area contributed by atoms with Gasteiger partial charge in [-0.1, -0.05) is 48.5 Å². The van der Waals surface area contributed by atoms with Gasteiger partial charge in [0.1, 0.15) is 0 Å². The Morgan fingerprint density at radius 3 is 1.82 bits per heavy atom. The molecule has 17 heavy (non-hydrogen) atoms. The number of carbonyl (C=O) groups excluding carboxylic acids is 1. The SMILES string of the molecule is COC1(C=O)c2ccccc2-c2ccccc21. The van der Waals surface area contributed by atoms with Gasteiger partial charge in [-0.05, 0) is 11.1 Å². The van der Waals surface area contributed by atoms with Gasteiger partial charge in [0.15, 0.2) is 11.9 Å². The normalized spacial score (nSPS) is 15.1. The molecule has 0 amide bonds. The van der Waals surface area contributed by atoms with E-state index in [0.29, 0.717) is 0 Å². The van der Waals surface area contributed by atoms with E-state index in [0.717, 1.165) is 28.5 Å². The molecule has 2 nitrogen and oxygen atoms in total. The van der Waals surface area contributed by atoms with Crippen molar-refractivity contribution in [2.75, 3.05) is 7.11 Å². The van der Waals surface area contributed by atoms with Crippen molar-refractivity contribution in [3.8, 4) is 11.1 Å². The zero-order valence-electron chi connectivity index (χ0n) is 9.51. The first-order chi connectivity index (χ1) is 8.33. The van der Waals surface area contributed by atoms with Crippen LogP contribution in [0.2, 0.25) is 0 Å². The predicted octanol–water partition coefficient (Wildman–Crippen LogP) is 2.76. The highest BCUT2D eigenvalue weighted by Crippen LogP contribution is 2.47. The van der Waals surface area contributed by atoms with Crippen molar-refractivity contribution in [1.82, 2.24) is 0 Å². The minimum atomic E-state index is -0.937. The van der Waals surface area contributed by atoms with Crippen molar-refractivity contribution in [3.05, 3.63) is 59.7 Å². The highest BCUT2D eigenvalue weighted by atomic mass is 16.5. The summed E-state index contributed by atoms with van der Waals surface area (Å²) in [6.07, 6.45) is 0.887. The second-order valence-corrected chi connectivity index (χ2v) is 4.15. The second kappa shape index (κ2) is 3.54. The summed E-state index contributed by atoms with van der Waals surface area (Å²) in [6, 6.07) is 15.8. The van der Waals surface area contributed by atoms with E-state index < -0.39 is 5.60 Å². The Morgan fingerprint density at radius 2 is 1.41 bits per heavy atom. The summed E-state index contributed by atoms with van der Waals surface area (Å²) in [7, 11) is 1.58. The molecule has 2 aromatic rings. The van der Waals surface area contributed by atoms with E-state index in [1.165, 1.54) is 0 Å². The first-order valence-electron chi connectivity index (χ1n) is 5.54. The van der Waals surface area contributed by atoms with Gasteiger partial charge in [0, 0.05) is 18.2 Å². The zero-order chi connectivity index (χ0) is 11.9. The van der Waals surface area contributed by atoms with Crippen LogP contribution in [0.25, 0.3) is 11.1 Å². The highest BCUT2D eigenvalue weighted by molar-refractivity contribution is 5.90. The fraction of sp³-hybridized carbons (Fsp3) is 0.133. The Balaban J connectivity index is 2.42. The van der Waals surface area contributed by atoms with Crippen LogP contribution in [-0.2, 0) is 15.1 Å². The summed E-state index contributed by atoms with van der Waals surface area (Å²) < 4.78 is 5.53. The number of hydrogen-bond acceptors (Lipinski definition) is 2. The highest BCUT2D eigenvalue weighted by Gasteiger charge is 2.43. The van der Waals surface area contributed by atoms with E-state index in [1.807, 2.05) is 48.5 Å². The van der Waals surface area contributed by atoms with Crippen molar-refractivity contribution < 1.29 is 9.53 Å². The molecular weight excluding hydrogens is 212 g/mol. The number of methoxy groups -OCH3 is 1. The smallest absolute Gasteiger partial charge is 0.174 e. The summed E-state index contributed by atoms with van der Waals surface area (Å²) in [4.78, 5) is 11.6. The van der Waals surface area contributed by atoms with Crippen LogP contribution in [0.1, 0.15) is 11.1 Å². The maximum atomic E-state index is 11.6. The van der Waals surface area contributed by atoms with Crippen molar-refractivity contribution in [2.45, 2.75) is 5.60 Å². The largest absolute Gasteiger partial charge is 0.361 e. The van der Waals surface area contributed by atoms with E-state index >= 15 is 0 Å². The average Bonchev–Trinajstić information content (AvgIpc) is 2.70. The molecule has 0 bridgehead atoms. The van der Waals surface area contributed by atoms with Crippen molar-refractivity contribution in [1.29, 1.82) is 0 Å². The predicted molar refractivity (Wildman–Crippen MR) is 65.7 cm³/mol. The number of aldehydes is 1. The van der Waals surface area contributed by atoms with Crippen LogP contribution in [-0.4, -0.2) is 13.4 Å². The van der Waals surface area contributed by atoms with E-state index in [2.05, 4.69) is 0 Å². The molecule has 0 N–H and O–H groups in total. The zero-order valence-corrected chi connectivity index (χ0v) is 9.51. The molecule has 0 unspecified atom stereocenters. The van der Waals surface area contributed by atoms with Gasteiger partial charge in [-0.25, -0.2) is 0 Å². The second-order valence-electron chi connectivity index (χ2n) is 4.15. The summed E-state index contributed by atoms with van der Waals surface area (Å²) in [5, 5.41) is 0. The van der Waals surface area contributed by atoms with E-state index in [-0.39, 0.29) is 0 Å². The number of benzene rings is 2. The van der Waals surface area contributed by atoms with Crippen LogP contribution in [0.4, 0.5) is 0 Å². The van der Waals surface area contributed by atoms with Crippen LogP contribution >= 0.6 is 0 Å². The van der Waals surface area contributed by atoms with Gasteiger partial charge in [0.05, 0.1) is 0 Å². The lowest BCUT2D eigenvalue weighted by Crippen LogP contribution is -2.29. The van der Waals surface area contributed by atoms with Gasteiger partial charge in [-0.2, -0.15) is 0 Å². The lowest BCUT2D eigenvalue weighted by Gasteiger charge is -2.23. The number of carbonyl (C=O) groups is 1. The molecule has 0 heterocycles. The van der Waals surface area contributed by atoms with Gasteiger partial charge in [0.2, 0.25) is 0 Å². The van der Waals surface area contributed by atoms with Crippen molar-refractivity contribution >= 4 is 6.29 Å². The first-order valence-corrected chi connectivity index (χ1v) is 5.54. The monoisotopic (exact) mass is 224 g/mol. The minimum absolute atomic E-state index is 0.887. The van der Waals surface area contributed by atoms with Crippen LogP contribution in [0, 0.1) is 0 Å². The van der Waals surface area contributed by atoms with Crippen molar-refractivity contribution in [2.24, 2.45) is 0 Å². The molecule has 84 valence electrons. The number of fused-ring (bicyclic) bond motifs is 3. The molecule has 0 saturated heterocycles. The van der Waals surface area contributed by atoms with Crippen molar-refractivity contribution in [3.63, 3.8) is 0 Å². The Hall–Kier alpha value is -1.93. The molecule has 1 aliphatic rings. The summed E-state index contributed by atoms with van der Waals surface area (Å²) in [5.41, 5.74) is 3.08. The molecule has 1 aliphatic carbocycles. The topological polar surface area (TPSA) is 26.3 Å². The Labute approximate surface area is 99.9 Å². The Kier molecular flexibility index (Phi) is 2.13. The number of ether oxygens (including phenoxy) is 1. The third-order valence-electron chi connectivity index (χ3n) is 3.43. The fourth-order valence-electron chi connectivity index (χ4n) is 2.62. The molecule has 0 fully saturated rings. The lowest BCUT2D eigenvalue weighted by molar-refractivity contribution is -0.123. The number of rotatable bonds is 2. The fourth-order valence-corrected chi connectivity index (χ4v) is 2.62. The Bertz CT molecular complexity index is 541. The van der Waals surface area contributed by atoms with Crippen LogP contribution in [0.3, 0.4) is 0 Å². The maximum absolute atomic E-state index is 11.6. The molecule has 0 atom stereocenters. The molecule has 0 spiro atoms. The minimum Gasteiger partial charge on any atom is -0.361 e. The summed E-state index contributed by atoms with van der Waals surface area (Å²) >= 11 is 0. The van der Waals surface area contributed by atoms with Gasteiger partial charge < -0.3 is 4.74 Å². The molecule has 0 radical (unpaired) electrons. The van der Waals surface area contributed by atoms with E-state index in [1.54, 1.807) is 7.11 Å². The average molecular weight is 224 g/mol. The molecule has 0 aliphatic heterocycles. The van der Waals surface area contributed by atoms with Crippen LogP contribution in [0.15, 0.2) is 48.5 Å². The van der Waals surface area contributed by atoms with E-state index in [9.17, 15) is 4.79 Å². The third kappa shape index (κ3) is 1.16. The molecule has 2 heteroatoms. The lowest BCUT2D eigenvalue weighted by atomic mass is 9.93. The quantitative estimate of drug-likeness (QED) is 0.733. The first kappa shape index (κ1) is 10.2. The van der Waals surface area contributed by atoms with Crippen LogP contribution in [0.5, 0.6) is 0 Å². The van der Waals surface area contributed by atoms with Gasteiger partial charge in [-0.3, -0.25) is 4.79 Å². The molecule has 3 rings (SSSR count). The molecular formula is C15H12O2.